The summed E-state index contributed by atoms with van der Waals surface area (Å²) >= 11 is 4.90. The number of hydrogen-bond donors (Lipinski definition) is 3. The highest BCUT2D eigenvalue weighted by atomic mass is 79.9. The molecule has 3 saturated carbocycles. The highest BCUT2D eigenvalue weighted by Crippen LogP contribution is 2.70. The Morgan fingerprint density at radius 3 is 2.70 bits per heavy atom. The summed E-state index contributed by atoms with van der Waals surface area (Å²) in [6.07, 6.45) is 1.55. The SMILES string of the molecule is C[C@H]1C[C@H]2[C@@H]3C[C@H](F)C4=C/C(=N/OCc5cc(Br)cs5)C=C[C@]4(C)[C@@]3(F)[C@@H](O)C[C@]2(C)[C@@]1(O)C(=O)CO. The molecule has 9 atom stereocenters. The fourth-order valence-corrected chi connectivity index (χ4v) is 9.28. The lowest BCUT2D eigenvalue weighted by Gasteiger charge is -2.63. The van der Waals surface area contributed by atoms with Crippen molar-refractivity contribution in [2.24, 2.45) is 33.7 Å². The molecule has 1 heterocycles. The van der Waals surface area contributed by atoms with Crippen LogP contribution in [0.3, 0.4) is 0 Å². The highest BCUT2D eigenvalue weighted by Gasteiger charge is 2.76. The Bertz CT molecular complexity index is 1200. The number of allylic oxidation sites excluding steroid dienone is 4. The lowest BCUT2D eigenvalue weighted by Crippen LogP contribution is -2.70. The maximum absolute atomic E-state index is 17.4. The number of thiophene rings is 1. The van der Waals surface area contributed by atoms with Gasteiger partial charge >= 0.3 is 0 Å². The minimum absolute atomic E-state index is 0.175. The van der Waals surface area contributed by atoms with Gasteiger partial charge in [0.05, 0.1) is 6.10 Å². The molecule has 3 fully saturated rings. The van der Waals surface area contributed by atoms with Crippen LogP contribution >= 0.6 is 27.3 Å². The predicted molar refractivity (Wildman–Crippen MR) is 139 cm³/mol. The van der Waals surface area contributed by atoms with Gasteiger partial charge in [-0.05, 0) is 77.7 Å². The molecule has 1 aromatic rings. The van der Waals surface area contributed by atoms with Crippen molar-refractivity contribution >= 4 is 38.8 Å². The van der Waals surface area contributed by atoms with Gasteiger partial charge in [-0.3, -0.25) is 4.79 Å². The van der Waals surface area contributed by atoms with Crippen molar-refractivity contribution in [1.82, 2.24) is 0 Å². The minimum atomic E-state index is -2.22. The van der Waals surface area contributed by atoms with E-state index in [0.29, 0.717) is 12.1 Å². The molecule has 0 aliphatic heterocycles. The van der Waals surface area contributed by atoms with Crippen LogP contribution in [-0.2, 0) is 16.2 Å². The normalized spacial score (nSPS) is 45.7. The number of halogens is 3. The molecule has 202 valence electrons. The maximum Gasteiger partial charge on any atom is 0.190 e. The molecule has 0 unspecified atom stereocenters. The van der Waals surface area contributed by atoms with E-state index in [-0.39, 0.29) is 25.0 Å². The minimum Gasteiger partial charge on any atom is -0.390 e. The van der Waals surface area contributed by atoms with Crippen LogP contribution in [-0.4, -0.2) is 57.0 Å². The Hall–Kier alpha value is -1.46. The van der Waals surface area contributed by atoms with Crippen molar-refractivity contribution in [3.05, 3.63) is 44.6 Å². The standard InChI is InChI=1S/C27H32BrF2NO5S/c1-14-6-18-19-9-21(29)20-8-16(31-36-12-17-7-15(28)13-37-17)4-5-24(20,2)26(19,30)22(33)10-25(18,3)27(14,35)23(34)11-32/h4-5,7-8,13-14,18-19,21-22,32-33,35H,6,9-12H2,1-3H3/b31-16+/t14-,18-,19-,21-,22-,24-,25-,26-,27-/m0/s1. The van der Waals surface area contributed by atoms with Crippen molar-refractivity contribution in [3.8, 4) is 0 Å². The molecule has 0 spiro atoms. The summed E-state index contributed by atoms with van der Waals surface area (Å²) < 4.78 is 34.2. The number of hydrogen-bond acceptors (Lipinski definition) is 7. The van der Waals surface area contributed by atoms with Gasteiger partial charge in [0, 0.05) is 31.5 Å². The quantitative estimate of drug-likeness (QED) is 0.427. The van der Waals surface area contributed by atoms with E-state index in [0.717, 1.165) is 9.35 Å². The Morgan fingerprint density at radius 2 is 2.05 bits per heavy atom. The molecule has 0 aromatic carbocycles. The van der Waals surface area contributed by atoms with Crippen LogP contribution in [0.1, 0.15) is 44.9 Å². The summed E-state index contributed by atoms with van der Waals surface area (Å²) in [5.41, 5.74) is -6.22. The number of alkyl halides is 2. The zero-order valence-corrected chi connectivity index (χ0v) is 23.4. The molecule has 0 bridgehead atoms. The monoisotopic (exact) mass is 599 g/mol. The third kappa shape index (κ3) is 3.62. The highest BCUT2D eigenvalue weighted by molar-refractivity contribution is 9.10. The lowest BCUT2D eigenvalue weighted by molar-refractivity contribution is -0.223. The number of ketones is 1. The predicted octanol–water partition coefficient (Wildman–Crippen LogP) is 4.67. The topological polar surface area (TPSA) is 99.4 Å². The fraction of sp³-hybridized carbons (Fsp3) is 0.630. The number of Topliss-reactive ketones (excluding diaryl/α,β-unsaturated/α-hetero) is 1. The van der Waals surface area contributed by atoms with Crippen LogP contribution in [0, 0.1) is 28.6 Å². The Morgan fingerprint density at radius 1 is 1.32 bits per heavy atom. The first-order valence-electron chi connectivity index (χ1n) is 12.5. The van der Waals surface area contributed by atoms with Crippen molar-refractivity contribution in [1.29, 1.82) is 0 Å². The van der Waals surface area contributed by atoms with Crippen molar-refractivity contribution < 1.29 is 33.7 Å². The van der Waals surface area contributed by atoms with E-state index in [1.165, 1.54) is 17.4 Å². The number of aliphatic hydroxyl groups is 3. The molecule has 37 heavy (non-hydrogen) atoms. The second kappa shape index (κ2) is 9.05. The van der Waals surface area contributed by atoms with E-state index in [9.17, 15) is 20.1 Å². The molecule has 0 amide bonds. The molecule has 4 aliphatic carbocycles. The average molecular weight is 601 g/mol. The number of carbonyl (C=O) groups excluding carboxylic acids is 1. The lowest BCUT2D eigenvalue weighted by atomic mass is 9.44. The summed E-state index contributed by atoms with van der Waals surface area (Å²) in [4.78, 5) is 19.1. The number of nitrogens with zero attached hydrogens (tertiary/aromatic N) is 1. The van der Waals surface area contributed by atoms with E-state index in [1.54, 1.807) is 32.9 Å². The molecule has 5 rings (SSSR count). The maximum atomic E-state index is 17.4. The summed E-state index contributed by atoms with van der Waals surface area (Å²) in [7, 11) is 0. The molecule has 0 radical (unpaired) electrons. The summed E-state index contributed by atoms with van der Waals surface area (Å²) in [5.74, 6) is -2.79. The summed E-state index contributed by atoms with van der Waals surface area (Å²) in [6, 6.07) is 1.92. The third-order valence-electron chi connectivity index (χ3n) is 9.79. The zero-order chi connectivity index (χ0) is 27.0. The molecular formula is C27H32BrF2NO5S. The van der Waals surface area contributed by atoms with Crippen LogP contribution < -0.4 is 0 Å². The van der Waals surface area contributed by atoms with Crippen molar-refractivity contribution in [2.75, 3.05) is 6.61 Å². The van der Waals surface area contributed by atoms with E-state index in [4.69, 9.17) is 4.84 Å². The number of aliphatic hydroxyl groups excluding tert-OH is 2. The van der Waals surface area contributed by atoms with Gasteiger partial charge in [-0.2, -0.15) is 0 Å². The van der Waals surface area contributed by atoms with Gasteiger partial charge in [0.15, 0.2) is 18.1 Å². The van der Waals surface area contributed by atoms with Crippen LogP contribution in [0.15, 0.2) is 44.9 Å². The molecule has 3 N–H and O–H groups in total. The molecular weight excluding hydrogens is 568 g/mol. The number of oxime groups is 1. The summed E-state index contributed by atoms with van der Waals surface area (Å²) in [5, 5.41) is 38.5. The Labute approximate surface area is 227 Å². The third-order valence-corrected chi connectivity index (χ3v) is 11.5. The Balaban J connectivity index is 1.47. The molecule has 4 aliphatic rings. The van der Waals surface area contributed by atoms with Gasteiger partial charge in [0.2, 0.25) is 0 Å². The van der Waals surface area contributed by atoms with E-state index in [2.05, 4.69) is 21.1 Å². The second-order valence-electron chi connectivity index (χ2n) is 11.5. The number of fused-ring (bicyclic) bond motifs is 5. The zero-order valence-electron chi connectivity index (χ0n) is 21.0. The number of carbonyl (C=O) groups is 1. The van der Waals surface area contributed by atoms with E-state index >= 15 is 8.78 Å². The fourth-order valence-electron chi connectivity index (χ4n) is 7.92. The van der Waals surface area contributed by atoms with Crippen molar-refractivity contribution in [2.45, 2.75) is 70.2 Å². The van der Waals surface area contributed by atoms with Crippen LogP contribution in [0.4, 0.5) is 8.78 Å². The van der Waals surface area contributed by atoms with Gasteiger partial charge in [-0.1, -0.05) is 25.1 Å². The molecule has 1 aromatic heterocycles. The van der Waals surface area contributed by atoms with Gasteiger partial charge in [-0.15, -0.1) is 11.3 Å². The van der Waals surface area contributed by atoms with Gasteiger partial charge in [0.25, 0.3) is 0 Å². The largest absolute Gasteiger partial charge is 0.390 e. The van der Waals surface area contributed by atoms with Gasteiger partial charge in [-0.25, -0.2) is 8.78 Å². The Kier molecular flexibility index (Phi) is 6.63. The first kappa shape index (κ1) is 27.1. The van der Waals surface area contributed by atoms with Gasteiger partial charge < -0.3 is 20.2 Å². The molecule has 10 heteroatoms. The summed E-state index contributed by atoms with van der Waals surface area (Å²) in [6.45, 7) is 4.37. The van der Waals surface area contributed by atoms with E-state index in [1.807, 2.05) is 11.4 Å². The molecule has 6 nitrogen and oxygen atoms in total. The average Bonchev–Trinajstić information content (AvgIpc) is 3.35. The smallest absolute Gasteiger partial charge is 0.190 e. The first-order valence-corrected chi connectivity index (χ1v) is 14.2. The van der Waals surface area contributed by atoms with Crippen LogP contribution in [0.5, 0.6) is 0 Å². The molecule has 0 saturated heterocycles. The van der Waals surface area contributed by atoms with Gasteiger partial charge in [0.1, 0.15) is 24.1 Å². The van der Waals surface area contributed by atoms with Crippen LogP contribution in [0.25, 0.3) is 0 Å². The number of rotatable bonds is 5. The van der Waals surface area contributed by atoms with E-state index < -0.39 is 64.5 Å². The van der Waals surface area contributed by atoms with Crippen LogP contribution in [0.2, 0.25) is 0 Å². The first-order chi connectivity index (χ1) is 17.3. The van der Waals surface area contributed by atoms with Crippen molar-refractivity contribution in [3.63, 3.8) is 0 Å². The second-order valence-corrected chi connectivity index (χ2v) is 13.4.